The molecule has 22 heavy (non-hydrogen) atoms. The van der Waals surface area contributed by atoms with E-state index in [2.05, 4.69) is 15.5 Å². The van der Waals surface area contributed by atoms with Crippen molar-refractivity contribution in [2.75, 3.05) is 46.4 Å². The lowest BCUT2D eigenvalue weighted by atomic mass is 10.1. The second-order valence-corrected chi connectivity index (χ2v) is 5.60. The molecule has 2 N–H and O–H groups in total. The minimum absolute atomic E-state index is 0.00566. The first-order valence-electron chi connectivity index (χ1n) is 8.05. The first-order chi connectivity index (χ1) is 10.8. The molecule has 1 aliphatic rings. The molecule has 1 amide bonds. The van der Waals surface area contributed by atoms with Gasteiger partial charge >= 0.3 is 0 Å². The van der Waals surface area contributed by atoms with Gasteiger partial charge in [-0.3, -0.25) is 9.69 Å². The molecule has 1 atom stereocenters. The average molecular weight is 309 g/mol. The van der Waals surface area contributed by atoms with E-state index in [9.17, 15) is 4.79 Å². The number of furan rings is 1. The van der Waals surface area contributed by atoms with Crippen LogP contribution in [-0.4, -0.2) is 57.2 Å². The van der Waals surface area contributed by atoms with Crippen molar-refractivity contribution in [3.05, 3.63) is 24.2 Å². The number of carbonyl (C=O) groups is 1. The van der Waals surface area contributed by atoms with Crippen LogP contribution in [0, 0.1) is 0 Å². The Morgan fingerprint density at radius 3 is 2.91 bits per heavy atom. The minimum Gasteiger partial charge on any atom is -0.468 e. The highest BCUT2D eigenvalue weighted by Crippen LogP contribution is 2.24. The maximum Gasteiger partial charge on any atom is 0.234 e. The van der Waals surface area contributed by atoms with E-state index in [1.165, 1.54) is 19.3 Å². The number of hydrogen-bond donors (Lipinski definition) is 2. The van der Waals surface area contributed by atoms with Crippen LogP contribution in [0.15, 0.2) is 22.8 Å². The zero-order valence-corrected chi connectivity index (χ0v) is 13.3. The van der Waals surface area contributed by atoms with E-state index < -0.39 is 0 Å². The van der Waals surface area contributed by atoms with E-state index in [1.807, 2.05) is 12.1 Å². The summed E-state index contributed by atoms with van der Waals surface area (Å²) in [5.74, 6) is 0.961. The predicted octanol–water partition coefficient (Wildman–Crippen LogP) is 1.16. The molecule has 0 saturated carbocycles. The molecule has 2 heterocycles. The number of methoxy groups -OCH3 is 1. The lowest BCUT2D eigenvalue weighted by Gasteiger charge is -2.33. The Labute approximate surface area is 132 Å². The summed E-state index contributed by atoms with van der Waals surface area (Å²) in [5, 5.41) is 6.05. The van der Waals surface area contributed by atoms with Crippen molar-refractivity contribution >= 4 is 5.91 Å². The first kappa shape index (κ1) is 17.0. The van der Waals surface area contributed by atoms with Gasteiger partial charge in [0, 0.05) is 20.2 Å². The molecule has 0 aliphatic carbocycles. The molecule has 1 saturated heterocycles. The average Bonchev–Trinajstić information content (AvgIpc) is 3.07. The summed E-state index contributed by atoms with van der Waals surface area (Å²) >= 11 is 0. The monoisotopic (exact) mass is 309 g/mol. The van der Waals surface area contributed by atoms with Gasteiger partial charge < -0.3 is 19.8 Å². The van der Waals surface area contributed by atoms with Gasteiger partial charge in [-0.15, -0.1) is 0 Å². The summed E-state index contributed by atoms with van der Waals surface area (Å²) in [7, 11) is 1.62. The van der Waals surface area contributed by atoms with Crippen LogP contribution in [0.25, 0.3) is 0 Å². The molecule has 0 spiro atoms. The van der Waals surface area contributed by atoms with Crippen LogP contribution in [0.2, 0.25) is 0 Å². The highest BCUT2D eigenvalue weighted by Gasteiger charge is 2.24. The molecule has 6 nitrogen and oxygen atoms in total. The van der Waals surface area contributed by atoms with Gasteiger partial charge in [0.25, 0.3) is 0 Å². The second-order valence-electron chi connectivity index (χ2n) is 5.60. The SMILES string of the molecule is COCCNC(=O)CNCC(c1ccco1)N1CCCCC1. The smallest absolute Gasteiger partial charge is 0.234 e. The van der Waals surface area contributed by atoms with Gasteiger partial charge in [-0.2, -0.15) is 0 Å². The van der Waals surface area contributed by atoms with Gasteiger partial charge in [0.15, 0.2) is 0 Å². The van der Waals surface area contributed by atoms with Crippen LogP contribution in [0.3, 0.4) is 0 Å². The summed E-state index contributed by atoms with van der Waals surface area (Å²) < 4.78 is 10.5. The van der Waals surface area contributed by atoms with Crippen LogP contribution in [0.4, 0.5) is 0 Å². The summed E-state index contributed by atoms with van der Waals surface area (Å²) in [5.41, 5.74) is 0. The van der Waals surface area contributed by atoms with E-state index >= 15 is 0 Å². The Morgan fingerprint density at radius 2 is 2.23 bits per heavy atom. The fraction of sp³-hybridized carbons (Fsp3) is 0.688. The first-order valence-corrected chi connectivity index (χ1v) is 8.05. The zero-order chi connectivity index (χ0) is 15.6. The molecule has 124 valence electrons. The Balaban J connectivity index is 1.78. The molecule has 6 heteroatoms. The fourth-order valence-corrected chi connectivity index (χ4v) is 2.80. The fourth-order valence-electron chi connectivity index (χ4n) is 2.80. The largest absolute Gasteiger partial charge is 0.468 e. The van der Waals surface area contributed by atoms with Crippen LogP contribution in [-0.2, 0) is 9.53 Å². The van der Waals surface area contributed by atoms with E-state index in [-0.39, 0.29) is 11.9 Å². The van der Waals surface area contributed by atoms with Crippen molar-refractivity contribution in [1.29, 1.82) is 0 Å². The van der Waals surface area contributed by atoms with Crippen molar-refractivity contribution < 1.29 is 13.9 Å². The second kappa shape index (κ2) is 9.61. The maximum atomic E-state index is 11.7. The quantitative estimate of drug-likeness (QED) is 0.670. The van der Waals surface area contributed by atoms with E-state index in [0.29, 0.717) is 26.2 Å². The molecular weight excluding hydrogens is 282 g/mol. The van der Waals surface area contributed by atoms with E-state index in [0.717, 1.165) is 18.8 Å². The molecule has 1 unspecified atom stereocenters. The third kappa shape index (κ3) is 5.44. The van der Waals surface area contributed by atoms with Gasteiger partial charge in [0.05, 0.1) is 25.5 Å². The third-order valence-corrected chi connectivity index (χ3v) is 3.95. The topological polar surface area (TPSA) is 66.7 Å². The summed E-state index contributed by atoms with van der Waals surface area (Å²) in [4.78, 5) is 14.1. The standard InChI is InChI=1S/C16H27N3O3/c1-21-11-7-18-16(20)13-17-12-14(15-6-5-10-22-15)19-8-3-2-4-9-19/h5-6,10,14,17H,2-4,7-9,11-13H2,1H3,(H,18,20). The van der Waals surface area contributed by atoms with E-state index in [4.69, 9.17) is 9.15 Å². The van der Waals surface area contributed by atoms with Crippen molar-refractivity contribution in [2.24, 2.45) is 0 Å². The number of hydrogen-bond acceptors (Lipinski definition) is 5. The summed E-state index contributed by atoms with van der Waals surface area (Å²) in [6.07, 6.45) is 5.48. The molecule has 2 rings (SSSR count). The van der Waals surface area contributed by atoms with Crippen molar-refractivity contribution in [3.8, 4) is 0 Å². The van der Waals surface area contributed by atoms with Crippen molar-refractivity contribution in [1.82, 2.24) is 15.5 Å². The lowest BCUT2D eigenvalue weighted by molar-refractivity contribution is -0.120. The van der Waals surface area contributed by atoms with Gasteiger partial charge in [-0.25, -0.2) is 0 Å². The van der Waals surface area contributed by atoms with Gasteiger partial charge in [-0.05, 0) is 38.1 Å². The molecule has 0 bridgehead atoms. The number of carbonyl (C=O) groups excluding carboxylic acids is 1. The Morgan fingerprint density at radius 1 is 1.41 bits per heavy atom. The third-order valence-electron chi connectivity index (χ3n) is 3.95. The van der Waals surface area contributed by atoms with Crippen LogP contribution in [0.5, 0.6) is 0 Å². The highest BCUT2D eigenvalue weighted by molar-refractivity contribution is 5.77. The molecule has 1 aromatic heterocycles. The van der Waals surface area contributed by atoms with Gasteiger partial charge in [0.2, 0.25) is 5.91 Å². The molecule has 1 aliphatic heterocycles. The normalized spacial score (nSPS) is 17.3. The number of rotatable bonds is 9. The number of likely N-dealkylation sites (tertiary alicyclic amines) is 1. The minimum atomic E-state index is -0.00566. The van der Waals surface area contributed by atoms with Crippen LogP contribution < -0.4 is 10.6 Å². The molecule has 0 radical (unpaired) electrons. The maximum absolute atomic E-state index is 11.7. The van der Waals surface area contributed by atoms with E-state index in [1.54, 1.807) is 13.4 Å². The van der Waals surface area contributed by atoms with Crippen LogP contribution >= 0.6 is 0 Å². The van der Waals surface area contributed by atoms with Crippen molar-refractivity contribution in [3.63, 3.8) is 0 Å². The number of nitrogens with zero attached hydrogens (tertiary/aromatic N) is 1. The molecule has 1 aromatic rings. The van der Waals surface area contributed by atoms with Gasteiger partial charge in [0.1, 0.15) is 5.76 Å². The Hall–Kier alpha value is -1.37. The molecular formula is C16H27N3O3. The highest BCUT2D eigenvalue weighted by atomic mass is 16.5. The number of piperidine rings is 1. The zero-order valence-electron chi connectivity index (χ0n) is 13.3. The molecule has 1 fully saturated rings. The molecule has 0 aromatic carbocycles. The summed E-state index contributed by atoms with van der Waals surface area (Å²) in [6.45, 7) is 4.29. The van der Waals surface area contributed by atoms with Gasteiger partial charge in [-0.1, -0.05) is 6.42 Å². The Bertz CT molecular complexity index is 416. The Kier molecular flexibility index (Phi) is 7.42. The number of ether oxygens (including phenoxy) is 1. The number of amides is 1. The predicted molar refractivity (Wildman–Crippen MR) is 84.6 cm³/mol. The lowest BCUT2D eigenvalue weighted by Crippen LogP contribution is -2.42. The van der Waals surface area contributed by atoms with Crippen LogP contribution in [0.1, 0.15) is 31.1 Å². The van der Waals surface area contributed by atoms with Crippen molar-refractivity contribution in [2.45, 2.75) is 25.3 Å². The number of nitrogens with one attached hydrogen (secondary N) is 2. The summed E-state index contributed by atoms with van der Waals surface area (Å²) in [6, 6.07) is 4.13.